The van der Waals surface area contributed by atoms with Crippen LogP contribution in [-0.4, -0.2) is 35.5 Å². The van der Waals surface area contributed by atoms with Gasteiger partial charge in [-0.15, -0.1) is 0 Å². The molecule has 1 fully saturated rings. The monoisotopic (exact) mass is 284 g/mol. The standard InChI is InChI=1S/C14H24N2O4/c1-14(2,3)13(20)15-8-11(17)16-10-6-4-5-9(7-10)12(18)19/h9-10H,4-8H2,1-3H3,(H,15,20)(H,16,17)(H,18,19). The molecule has 2 unspecified atom stereocenters. The van der Waals surface area contributed by atoms with Crippen LogP contribution >= 0.6 is 0 Å². The van der Waals surface area contributed by atoms with E-state index in [4.69, 9.17) is 5.11 Å². The van der Waals surface area contributed by atoms with Gasteiger partial charge in [-0.2, -0.15) is 0 Å². The van der Waals surface area contributed by atoms with Crippen molar-refractivity contribution in [2.24, 2.45) is 11.3 Å². The maximum atomic E-state index is 11.7. The van der Waals surface area contributed by atoms with Gasteiger partial charge in [0.15, 0.2) is 0 Å². The molecule has 0 aromatic rings. The van der Waals surface area contributed by atoms with E-state index in [-0.39, 0.29) is 30.3 Å². The molecule has 0 spiro atoms. The molecular formula is C14H24N2O4. The van der Waals surface area contributed by atoms with Crippen molar-refractivity contribution in [2.75, 3.05) is 6.54 Å². The molecule has 3 N–H and O–H groups in total. The Labute approximate surface area is 119 Å². The molecule has 0 heterocycles. The summed E-state index contributed by atoms with van der Waals surface area (Å²) >= 11 is 0. The molecule has 20 heavy (non-hydrogen) atoms. The number of carbonyl (C=O) groups is 3. The number of aliphatic carboxylic acids is 1. The Kier molecular flexibility index (Phi) is 5.53. The predicted octanol–water partition coefficient (Wildman–Crippen LogP) is 0.908. The highest BCUT2D eigenvalue weighted by Crippen LogP contribution is 2.24. The molecule has 0 radical (unpaired) electrons. The first-order chi connectivity index (χ1) is 9.20. The summed E-state index contributed by atoms with van der Waals surface area (Å²) < 4.78 is 0. The van der Waals surface area contributed by atoms with Crippen molar-refractivity contribution in [3.05, 3.63) is 0 Å². The summed E-state index contributed by atoms with van der Waals surface area (Å²) in [7, 11) is 0. The fourth-order valence-corrected chi connectivity index (χ4v) is 2.25. The van der Waals surface area contributed by atoms with Gasteiger partial charge in [-0.3, -0.25) is 14.4 Å². The van der Waals surface area contributed by atoms with Crippen LogP contribution in [0, 0.1) is 11.3 Å². The summed E-state index contributed by atoms with van der Waals surface area (Å²) in [5.74, 6) is -1.62. The highest BCUT2D eigenvalue weighted by Gasteiger charge is 2.28. The zero-order chi connectivity index (χ0) is 15.3. The number of hydrogen-bond acceptors (Lipinski definition) is 3. The van der Waals surface area contributed by atoms with E-state index in [0.717, 1.165) is 12.8 Å². The number of amides is 2. The van der Waals surface area contributed by atoms with Gasteiger partial charge in [-0.05, 0) is 19.3 Å². The van der Waals surface area contributed by atoms with Crippen LogP contribution in [-0.2, 0) is 14.4 Å². The van der Waals surface area contributed by atoms with Crippen molar-refractivity contribution in [1.29, 1.82) is 0 Å². The zero-order valence-electron chi connectivity index (χ0n) is 12.4. The largest absolute Gasteiger partial charge is 0.481 e. The smallest absolute Gasteiger partial charge is 0.306 e. The first-order valence-electron chi connectivity index (χ1n) is 7.00. The third-order valence-corrected chi connectivity index (χ3v) is 3.48. The third kappa shape index (κ3) is 5.19. The van der Waals surface area contributed by atoms with Crippen molar-refractivity contribution in [3.63, 3.8) is 0 Å². The van der Waals surface area contributed by atoms with E-state index < -0.39 is 11.4 Å². The maximum absolute atomic E-state index is 11.7. The minimum absolute atomic E-state index is 0.0651. The van der Waals surface area contributed by atoms with Gasteiger partial charge in [0.2, 0.25) is 11.8 Å². The molecule has 6 heteroatoms. The van der Waals surface area contributed by atoms with Crippen molar-refractivity contribution < 1.29 is 19.5 Å². The molecule has 1 rings (SSSR count). The summed E-state index contributed by atoms with van der Waals surface area (Å²) in [4.78, 5) is 34.3. The summed E-state index contributed by atoms with van der Waals surface area (Å²) in [5.41, 5.74) is -0.528. The molecule has 0 bridgehead atoms. The quantitative estimate of drug-likeness (QED) is 0.715. The van der Waals surface area contributed by atoms with Crippen LogP contribution in [0.2, 0.25) is 0 Å². The fourth-order valence-electron chi connectivity index (χ4n) is 2.25. The Morgan fingerprint density at radius 2 is 1.85 bits per heavy atom. The highest BCUT2D eigenvalue weighted by atomic mass is 16.4. The van der Waals surface area contributed by atoms with Crippen LogP contribution in [0.3, 0.4) is 0 Å². The molecule has 1 aliphatic carbocycles. The Bertz CT molecular complexity index is 387. The van der Waals surface area contributed by atoms with Gasteiger partial charge in [0.05, 0.1) is 12.5 Å². The van der Waals surface area contributed by atoms with Gasteiger partial charge in [0.1, 0.15) is 0 Å². The van der Waals surface area contributed by atoms with Crippen LogP contribution in [0.5, 0.6) is 0 Å². The fraction of sp³-hybridized carbons (Fsp3) is 0.786. The lowest BCUT2D eigenvalue weighted by molar-refractivity contribution is -0.143. The number of carbonyl (C=O) groups excluding carboxylic acids is 2. The van der Waals surface area contributed by atoms with Gasteiger partial charge in [0.25, 0.3) is 0 Å². The van der Waals surface area contributed by atoms with E-state index in [2.05, 4.69) is 10.6 Å². The van der Waals surface area contributed by atoms with Crippen LogP contribution in [0.1, 0.15) is 46.5 Å². The van der Waals surface area contributed by atoms with Gasteiger partial charge in [0, 0.05) is 11.5 Å². The second-order valence-electron chi connectivity index (χ2n) is 6.40. The number of carboxylic acids is 1. The van der Waals surface area contributed by atoms with Gasteiger partial charge >= 0.3 is 5.97 Å². The average molecular weight is 284 g/mol. The van der Waals surface area contributed by atoms with Crippen molar-refractivity contribution in [1.82, 2.24) is 10.6 Å². The Hall–Kier alpha value is -1.59. The van der Waals surface area contributed by atoms with E-state index in [1.165, 1.54) is 0 Å². The van der Waals surface area contributed by atoms with Gasteiger partial charge in [-0.25, -0.2) is 0 Å². The lowest BCUT2D eigenvalue weighted by atomic mass is 9.86. The molecule has 1 saturated carbocycles. The third-order valence-electron chi connectivity index (χ3n) is 3.48. The van der Waals surface area contributed by atoms with Crippen molar-refractivity contribution >= 4 is 17.8 Å². The summed E-state index contributed by atoms with van der Waals surface area (Å²) in [6, 6.07) is -0.108. The summed E-state index contributed by atoms with van der Waals surface area (Å²) in [5, 5.41) is 14.4. The van der Waals surface area contributed by atoms with Crippen LogP contribution in [0.15, 0.2) is 0 Å². The summed E-state index contributed by atoms with van der Waals surface area (Å²) in [6.07, 6.45) is 2.73. The molecule has 0 aliphatic heterocycles. The van der Waals surface area contributed by atoms with Crippen molar-refractivity contribution in [2.45, 2.75) is 52.5 Å². The molecule has 2 amide bonds. The second-order valence-corrected chi connectivity index (χ2v) is 6.40. The van der Waals surface area contributed by atoms with Crippen molar-refractivity contribution in [3.8, 4) is 0 Å². The Morgan fingerprint density at radius 3 is 2.40 bits per heavy atom. The molecule has 6 nitrogen and oxygen atoms in total. The number of carboxylic acid groups (broad SMARTS) is 1. The molecule has 2 atom stereocenters. The molecule has 0 aromatic carbocycles. The van der Waals surface area contributed by atoms with Crippen LogP contribution in [0.25, 0.3) is 0 Å². The van der Waals surface area contributed by atoms with Crippen LogP contribution < -0.4 is 10.6 Å². The van der Waals surface area contributed by atoms with E-state index in [0.29, 0.717) is 12.8 Å². The normalized spacial score (nSPS) is 22.9. The highest BCUT2D eigenvalue weighted by molar-refractivity contribution is 5.87. The Morgan fingerprint density at radius 1 is 1.20 bits per heavy atom. The molecule has 1 aliphatic rings. The average Bonchev–Trinajstić information content (AvgIpc) is 2.35. The van der Waals surface area contributed by atoms with E-state index in [9.17, 15) is 14.4 Å². The van der Waals surface area contributed by atoms with Gasteiger partial charge < -0.3 is 15.7 Å². The molecule has 0 saturated heterocycles. The van der Waals surface area contributed by atoms with E-state index >= 15 is 0 Å². The lowest BCUT2D eigenvalue weighted by Crippen LogP contribution is -2.46. The topological polar surface area (TPSA) is 95.5 Å². The maximum Gasteiger partial charge on any atom is 0.306 e. The minimum Gasteiger partial charge on any atom is -0.481 e. The Balaban J connectivity index is 2.35. The molecular weight excluding hydrogens is 260 g/mol. The van der Waals surface area contributed by atoms with Gasteiger partial charge in [-0.1, -0.05) is 27.2 Å². The second kappa shape index (κ2) is 6.72. The first kappa shape index (κ1) is 16.5. The SMILES string of the molecule is CC(C)(C)C(=O)NCC(=O)NC1CCCC(C(=O)O)C1. The lowest BCUT2D eigenvalue weighted by Gasteiger charge is -2.27. The zero-order valence-corrected chi connectivity index (χ0v) is 12.4. The molecule has 114 valence electrons. The predicted molar refractivity (Wildman–Crippen MR) is 74.0 cm³/mol. The number of rotatable bonds is 4. The minimum atomic E-state index is -0.801. The molecule has 0 aromatic heterocycles. The number of hydrogen-bond donors (Lipinski definition) is 3. The van der Waals surface area contributed by atoms with Crippen LogP contribution in [0.4, 0.5) is 0 Å². The van der Waals surface area contributed by atoms with E-state index in [1.54, 1.807) is 20.8 Å². The number of nitrogens with one attached hydrogen (secondary N) is 2. The first-order valence-corrected chi connectivity index (χ1v) is 7.00. The summed E-state index contributed by atoms with van der Waals surface area (Å²) in [6.45, 7) is 5.26. The van der Waals surface area contributed by atoms with E-state index in [1.807, 2.05) is 0 Å².